The van der Waals surface area contributed by atoms with Gasteiger partial charge in [0.2, 0.25) is 0 Å². The fourth-order valence-corrected chi connectivity index (χ4v) is 2.41. The third-order valence-corrected chi connectivity index (χ3v) is 3.77. The van der Waals surface area contributed by atoms with Crippen molar-refractivity contribution in [3.63, 3.8) is 0 Å². The zero-order valence-electron chi connectivity index (χ0n) is 8.37. The SMILES string of the molecule is CN1Cc2cc([N+](=O)[O-])ccc2NS1(=O)=O. The standard InChI is InChI=1S/C8H9N3O4S/c1-10-5-6-4-7(11(12)13)2-3-8(6)9-16(10,14)15/h2-4,9H,5H2,1H3. The van der Waals surface area contributed by atoms with E-state index in [9.17, 15) is 18.5 Å². The lowest BCUT2D eigenvalue weighted by Gasteiger charge is -2.25. The molecular weight excluding hydrogens is 234 g/mol. The maximum atomic E-state index is 11.4. The Morgan fingerprint density at radius 2 is 2.19 bits per heavy atom. The van der Waals surface area contributed by atoms with Gasteiger partial charge in [0.05, 0.1) is 10.6 Å². The molecule has 7 nitrogen and oxygen atoms in total. The van der Waals surface area contributed by atoms with Crippen molar-refractivity contribution in [2.45, 2.75) is 6.54 Å². The van der Waals surface area contributed by atoms with Gasteiger partial charge in [-0.2, -0.15) is 12.7 Å². The van der Waals surface area contributed by atoms with Gasteiger partial charge in [-0.05, 0) is 11.6 Å². The monoisotopic (exact) mass is 243 g/mol. The Balaban J connectivity index is 2.48. The highest BCUT2D eigenvalue weighted by atomic mass is 32.2. The number of hydrogen-bond acceptors (Lipinski definition) is 4. The highest BCUT2D eigenvalue weighted by Crippen LogP contribution is 2.28. The molecule has 0 fully saturated rings. The van der Waals surface area contributed by atoms with Crippen LogP contribution in [0.2, 0.25) is 0 Å². The Labute approximate surface area is 92.0 Å². The number of nitro benzene ring substituents is 1. The molecule has 0 saturated heterocycles. The van der Waals surface area contributed by atoms with Gasteiger partial charge >= 0.3 is 10.2 Å². The average molecular weight is 243 g/mol. The lowest BCUT2D eigenvalue weighted by atomic mass is 10.1. The van der Waals surface area contributed by atoms with Crippen LogP contribution in [0, 0.1) is 10.1 Å². The number of anilines is 1. The third kappa shape index (κ3) is 1.72. The fourth-order valence-electron chi connectivity index (χ4n) is 1.47. The number of non-ortho nitro benzene ring substituents is 1. The van der Waals surface area contributed by atoms with Gasteiger partial charge in [0.25, 0.3) is 5.69 Å². The number of benzene rings is 1. The van der Waals surface area contributed by atoms with E-state index in [1.165, 1.54) is 25.2 Å². The highest BCUT2D eigenvalue weighted by Gasteiger charge is 2.26. The summed E-state index contributed by atoms with van der Waals surface area (Å²) in [5.41, 5.74) is 0.934. The van der Waals surface area contributed by atoms with Crippen LogP contribution in [0.5, 0.6) is 0 Å². The van der Waals surface area contributed by atoms with E-state index in [4.69, 9.17) is 0 Å². The van der Waals surface area contributed by atoms with E-state index in [2.05, 4.69) is 4.72 Å². The molecule has 0 amide bonds. The van der Waals surface area contributed by atoms with E-state index in [-0.39, 0.29) is 12.2 Å². The Morgan fingerprint density at radius 3 is 2.81 bits per heavy atom. The summed E-state index contributed by atoms with van der Waals surface area (Å²) >= 11 is 0. The van der Waals surface area contributed by atoms with Crippen molar-refractivity contribution in [1.29, 1.82) is 0 Å². The number of nitrogens with one attached hydrogen (secondary N) is 1. The summed E-state index contributed by atoms with van der Waals surface area (Å²) in [5, 5.41) is 10.5. The Hall–Kier alpha value is -1.67. The van der Waals surface area contributed by atoms with E-state index in [1.54, 1.807) is 0 Å². The number of fused-ring (bicyclic) bond motifs is 1. The Kier molecular flexibility index (Phi) is 2.32. The van der Waals surface area contributed by atoms with Crippen molar-refractivity contribution < 1.29 is 13.3 Å². The summed E-state index contributed by atoms with van der Waals surface area (Å²) in [6.45, 7) is 0.131. The van der Waals surface area contributed by atoms with Crippen LogP contribution in [0.3, 0.4) is 0 Å². The van der Waals surface area contributed by atoms with Crippen LogP contribution in [0.15, 0.2) is 18.2 Å². The second-order valence-corrected chi connectivity index (χ2v) is 5.24. The first-order chi connectivity index (χ1) is 7.40. The number of hydrogen-bond donors (Lipinski definition) is 1. The lowest BCUT2D eigenvalue weighted by Crippen LogP contribution is -2.36. The van der Waals surface area contributed by atoms with Crippen LogP contribution in [-0.2, 0) is 16.8 Å². The van der Waals surface area contributed by atoms with Crippen molar-refractivity contribution in [3.8, 4) is 0 Å². The second-order valence-electron chi connectivity index (χ2n) is 3.46. The zero-order valence-corrected chi connectivity index (χ0v) is 9.19. The first-order valence-corrected chi connectivity index (χ1v) is 5.85. The maximum absolute atomic E-state index is 11.4. The molecule has 0 aromatic heterocycles. The molecule has 16 heavy (non-hydrogen) atoms. The molecule has 1 heterocycles. The van der Waals surface area contributed by atoms with Gasteiger partial charge in [0.1, 0.15) is 0 Å². The fraction of sp³-hybridized carbons (Fsp3) is 0.250. The van der Waals surface area contributed by atoms with Crippen molar-refractivity contribution >= 4 is 21.6 Å². The normalized spacial score (nSPS) is 18.6. The van der Waals surface area contributed by atoms with Crippen molar-refractivity contribution in [2.24, 2.45) is 0 Å². The van der Waals surface area contributed by atoms with Gasteiger partial charge in [0.15, 0.2) is 0 Å². The molecule has 0 unspecified atom stereocenters. The second kappa shape index (κ2) is 3.42. The van der Waals surface area contributed by atoms with Gasteiger partial charge < -0.3 is 0 Å². The van der Waals surface area contributed by atoms with Crippen LogP contribution < -0.4 is 4.72 Å². The quantitative estimate of drug-likeness (QED) is 0.580. The van der Waals surface area contributed by atoms with E-state index >= 15 is 0 Å². The van der Waals surface area contributed by atoms with E-state index < -0.39 is 15.1 Å². The molecule has 0 atom stereocenters. The Morgan fingerprint density at radius 1 is 1.50 bits per heavy atom. The molecule has 1 aromatic carbocycles. The van der Waals surface area contributed by atoms with Gasteiger partial charge in [0, 0.05) is 25.7 Å². The van der Waals surface area contributed by atoms with Crippen LogP contribution in [0.4, 0.5) is 11.4 Å². The maximum Gasteiger partial charge on any atom is 0.301 e. The first-order valence-electron chi connectivity index (χ1n) is 4.41. The molecule has 0 radical (unpaired) electrons. The average Bonchev–Trinajstić information content (AvgIpc) is 2.18. The summed E-state index contributed by atoms with van der Waals surface area (Å²) in [7, 11) is -2.09. The third-order valence-electron chi connectivity index (χ3n) is 2.34. The molecule has 8 heteroatoms. The van der Waals surface area contributed by atoms with Crippen LogP contribution >= 0.6 is 0 Å². The van der Waals surface area contributed by atoms with Crippen LogP contribution in [0.1, 0.15) is 5.56 Å². The summed E-state index contributed by atoms with van der Waals surface area (Å²) in [6, 6.07) is 4.04. The molecule has 86 valence electrons. The summed E-state index contributed by atoms with van der Waals surface area (Å²) in [5.74, 6) is 0. The van der Waals surface area contributed by atoms with Gasteiger partial charge in [-0.3, -0.25) is 14.8 Å². The molecule has 0 spiro atoms. The molecule has 1 aromatic rings. The molecule has 2 rings (SSSR count). The van der Waals surface area contributed by atoms with Crippen LogP contribution in [0.25, 0.3) is 0 Å². The van der Waals surface area contributed by atoms with Crippen molar-refractivity contribution in [2.75, 3.05) is 11.8 Å². The van der Waals surface area contributed by atoms with Crippen molar-refractivity contribution in [3.05, 3.63) is 33.9 Å². The van der Waals surface area contributed by atoms with Gasteiger partial charge in [-0.25, -0.2) is 0 Å². The molecule has 1 aliphatic rings. The number of nitrogens with zero attached hydrogens (tertiary/aromatic N) is 2. The van der Waals surface area contributed by atoms with Crippen molar-refractivity contribution in [1.82, 2.24) is 4.31 Å². The van der Waals surface area contributed by atoms with E-state index in [0.29, 0.717) is 11.3 Å². The molecule has 0 saturated carbocycles. The van der Waals surface area contributed by atoms with Crippen LogP contribution in [-0.4, -0.2) is 24.7 Å². The minimum absolute atomic E-state index is 0.0479. The number of rotatable bonds is 1. The lowest BCUT2D eigenvalue weighted by molar-refractivity contribution is -0.384. The summed E-state index contributed by atoms with van der Waals surface area (Å²) in [4.78, 5) is 10.0. The summed E-state index contributed by atoms with van der Waals surface area (Å²) in [6.07, 6.45) is 0. The molecular formula is C8H9N3O4S. The zero-order chi connectivity index (χ0) is 11.9. The molecule has 1 aliphatic heterocycles. The number of nitro groups is 1. The Bertz CT molecular complexity index is 554. The largest absolute Gasteiger partial charge is 0.301 e. The van der Waals surface area contributed by atoms with Gasteiger partial charge in [-0.1, -0.05) is 0 Å². The van der Waals surface area contributed by atoms with E-state index in [1.807, 2.05) is 0 Å². The summed E-state index contributed by atoms with van der Waals surface area (Å²) < 4.78 is 26.3. The smallest absolute Gasteiger partial charge is 0.271 e. The predicted molar refractivity (Wildman–Crippen MR) is 57.1 cm³/mol. The highest BCUT2D eigenvalue weighted by molar-refractivity contribution is 7.90. The first kappa shape index (κ1) is 10.8. The molecule has 0 aliphatic carbocycles. The molecule has 1 N–H and O–H groups in total. The predicted octanol–water partition coefficient (Wildman–Crippen LogP) is 0.697. The molecule has 0 bridgehead atoms. The minimum atomic E-state index is -3.49. The van der Waals surface area contributed by atoms with Gasteiger partial charge in [-0.15, -0.1) is 0 Å². The van der Waals surface area contributed by atoms with E-state index in [0.717, 1.165) is 4.31 Å². The topological polar surface area (TPSA) is 92.5 Å². The minimum Gasteiger partial charge on any atom is -0.271 e.